The maximum absolute atomic E-state index is 5.93. The summed E-state index contributed by atoms with van der Waals surface area (Å²) in [5, 5.41) is 3.92. The van der Waals surface area contributed by atoms with Gasteiger partial charge in [0.05, 0.1) is 0 Å². The summed E-state index contributed by atoms with van der Waals surface area (Å²) in [6, 6.07) is 11.9. The van der Waals surface area contributed by atoms with Crippen LogP contribution in [0.15, 0.2) is 42.6 Å². The number of nitrogens with one attached hydrogen (secondary N) is 1. The van der Waals surface area contributed by atoms with Gasteiger partial charge in [0.1, 0.15) is 5.82 Å². The number of aromatic nitrogens is 1. The number of benzene rings is 1. The Balaban J connectivity index is 0.00000133. The van der Waals surface area contributed by atoms with E-state index in [1.165, 1.54) is 5.56 Å². The summed E-state index contributed by atoms with van der Waals surface area (Å²) in [5.41, 5.74) is 7.98. The molecule has 3 rings (SSSR count). The molecule has 1 saturated carbocycles. The smallest absolute Gasteiger partial charge is 0.130 e. The van der Waals surface area contributed by atoms with Crippen LogP contribution in [0.4, 0.5) is 11.5 Å². The quantitative estimate of drug-likeness (QED) is 0.907. The van der Waals surface area contributed by atoms with Crippen LogP contribution in [-0.2, 0) is 0 Å². The molecule has 1 aliphatic carbocycles. The van der Waals surface area contributed by atoms with Crippen LogP contribution in [0.3, 0.4) is 0 Å². The topological polar surface area (TPSA) is 50.9 Å². The van der Waals surface area contributed by atoms with Crippen molar-refractivity contribution < 1.29 is 0 Å². The highest BCUT2D eigenvalue weighted by atomic mass is 35.5. The Labute approximate surface area is 123 Å². The Hall–Kier alpha value is -1.29. The molecule has 1 fully saturated rings. The molecule has 1 aliphatic rings. The third-order valence-corrected chi connectivity index (χ3v) is 3.39. The summed E-state index contributed by atoms with van der Waals surface area (Å²) in [6.45, 7) is 0. The van der Waals surface area contributed by atoms with Gasteiger partial charge < -0.3 is 11.1 Å². The van der Waals surface area contributed by atoms with Gasteiger partial charge in [0.15, 0.2) is 0 Å². The first-order chi connectivity index (χ1) is 8.72. The van der Waals surface area contributed by atoms with Gasteiger partial charge in [-0.1, -0.05) is 23.7 Å². The van der Waals surface area contributed by atoms with Crippen LogP contribution in [-0.4, -0.2) is 11.0 Å². The summed E-state index contributed by atoms with van der Waals surface area (Å²) in [4.78, 5) is 4.39. The van der Waals surface area contributed by atoms with Crippen LogP contribution in [0, 0.1) is 0 Å². The summed E-state index contributed by atoms with van der Waals surface area (Å²) >= 11 is 5.93. The van der Waals surface area contributed by atoms with Crippen molar-refractivity contribution in [2.45, 2.75) is 18.4 Å². The molecular formula is C14H15Cl2N3. The van der Waals surface area contributed by atoms with Crippen LogP contribution in [0.2, 0.25) is 5.02 Å². The standard InChI is InChI=1S/C14H14ClN3.ClH/c15-10-2-1-3-11(6-10)18-14-5-4-9(8-17-14)12-7-13(12)16;/h1-6,8,12-13H,7,16H2,(H,17,18);1H/t12-,13+;/m0./s1. The minimum Gasteiger partial charge on any atom is -0.340 e. The minimum absolute atomic E-state index is 0. The molecular weight excluding hydrogens is 281 g/mol. The molecule has 2 aromatic rings. The van der Waals surface area contributed by atoms with Crippen molar-refractivity contribution >= 4 is 35.5 Å². The number of anilines is 2. The predicted molar refractivity (Wildman–Crippen MR) is 81.6 cm³/mol. The number of pyridine rings is 1. The van der Waals surface area contributed by atoms with E-state index in [4.69, 9.17) is 17.3 Å². The fourth-order valence-electron chi connectivity index (χ4n) is 2.01. The van der Waals surface area contributed by atoms with E-state index in [1.54, 1.807) is 0 Å². The molecule has 19 heavy (non-hydrogen) atoms. The highest BCUT2D eigenvalue weighted by molar-refractivity contribution is 6.30. The number of hydrogen-bond acceptors (Lipinski definition) is 3. The van der Waals surface area contributed by atoms with Crippen molar-refractivity contribution in [1.29, 1.82) is 0 Å². The van der Waals surface area contributed by atoms with Gasteiger partial charge in [0, 0.05) is 28.9 Å². The lowest BCUT2D eigenvalue weighted by Gasteiger charge is -2.06. The zero-order chi connectivity index (χ0) is 12.5. The van der Waals surface area contributed by atoms with Crippen molar-refractivity contribution in [1.82, 2.24) is 4.98 Å². The van der Waals surface area contributed by atoms with E-state index >= 15 is 0 Å². The average molecular weight is 296 g/mol. The van der Waals surface area contributed by atoms with E-state index < -0.39 is 0 Å². The third kappa shape index (κ3) is 3.38. The Bertz CT molecular complexity index is 557. The first kappa shape index (κ1) is 14.1. The van der Waals surface area contributed by atoms with Gasteiger partial charge in [-0.25, -0.2) is 4.98 Å². The van der Waals surface area contributed by atoms with E-state index in [9.17, 15) is 0 Å². The van der Waals surface area contributed by atoms with Crippen molar-refractivity contribution in [3.63, 3.8) is 0 Å². The molecule has 3 N–H and O–H groups in total. The second-order valence-electron chi connectivity index (χ2n) is 4.62. The summed E-state index contributed by atoms with van der Waals surface area (Å²) in [6.07, 6.45) is 2.97. The van der Waals surface area contributed by atoms with E-state index in [0.29, 0.717) is 17.0 Å². The van der Waals surface area contributed by atoms with Gasteiger partial charge >= 0.3 is 0 Å². The fraction of sp³-hybridized carbons (Fsp3) is 0.214. The first-order valence-corrected chi connectivity index (χ1v) is 6.34. The number of hydrogen-bond donors (Lipinski definition) is 2. The molecule has 1 aromatic heterocycles. The zero-order valence-electron chi connectivity index (χ0n) is 10.2. The molecule has 0 amide bonds. The molecule has 0 aliphatic heterocycles. The van der Waals surface area contributed by atoms with E-state index in [1.807, 2.05) is 36.5 Å². The van der Waals surface area contributed by atoms with E-state index in [-0.39, 0.29) is 12.4 Å². The Morgan fingerprint density at radius 2 is 2.05 bits per heavy atom. The van der Waals surface area contributed by atoms with E-state index in [2.05, 4.69) is 16.4 Å². The van der Waals surface area contributed by atoms with Gasteiger partial charge in [-0.2, -0.15) is 0 Å². The first-order valence-electron chi connectivity index (χ1n) is 5.96. The van der Waals surface area contributed by atoms with Gasteiger partial charge in [-0.15, -0.1) is 12.4 Å². The fourth-order valence-corrected chi connectivity index (χ4v) is 2.20. The van der Waals surface area contributed by atoms with Gasteiger partial charge in [-0.3, -0.25) is 0 Å². The molecule has 0 bridgehead atoms. The van der Waals surface area contributed by atoms with Crippen molar-refractivity contribution in [2.24, 2.45) is 5.73 Å². The van der Waals surface area contributed by atoms with Crippen LogP contribution in [0.1, 0.15) is 17.9 Å². The van der Waals surface area contributed by atoms with Crippen molar-refractivity contribution in [3.05, 3.63) is 53.2 Å². The largest absolute Gasteiger partial charge is 0.340 e. The molecule has 2 atom stereocenters. The molecule has 5 heteroatoms. The third-order valence-electron chi connectivity index (χ3n) is 3.15. The summed E-state index contributed by atoms with van der Waals surface area (Å²) in [5.74, 6) is 1.31. The van der Waals surface area contributed by atoms with Crippen LogP contribution >= 0.6 is 24.0 Å². The predicted octanol–water partition coefficient (Wildman–Crippen LogP) is 3.72. The van der Waals surface area contributed by atoms with Gasteiger partial charge in [0.2, 0.25) is 0 Å². The maximum atomic E-state index is 5.93. The molecule has 0 unspecified atom stereocenters. The number of halogens is 2. The minimum atomic E-state index is 0. The zero-order valence-corrected chi connectivity index (χ0v) is 11.8. The molecule has 1 heterocycles. The van der Waals surface area contributed by atoms with Crippen molar-refractivity contribution in [3.8, 4) is 0 Å². The van der Waals surface area contributed by atoms with Crippen LogP contribution < -0.4 is 11.1 Å². The highest BCUT2D eigenvalue weighted by Crippen LogP contribution is 2.38. The second-order valence-corrected chi connectivity index (χ2v) is 5.05. The Morgan fingerprint density at radius 3 is 2.63 bits per heavy atom. The van der Waals surface area contributed by atoms with Gasteiger partial charge in [-0.05, 0) is 36.2 Å². The highest BCUT2D eigenvalue weighted by Gasteiger charge is 2.34. The van der Waals surface area contributed by atoms with Crippen LogP contribution in [0.25, 0.3) is 0 Å². The number of rotatable bonds is 3. The van der Waals surface area contributed by atoms with Crippen molar-refractivity contribution in [2.75, 3.05) is 5.32 Å². The number of nitrogens with zero attached hydrogens (tertiary/aromatic N) is 1. The Morgan fingerprint density at radius 1 is 1.26 bits per heavy atom. The van der Waals surface area contributed by atoms with Crippen LogP contribution in [0.5, 0.6) is 0 Å². The van der Waals surface area contributed by atoms with E-state index in [0.717, 1.165) is 17.9 Å². The molecule has 1 aromatic carbocycles. The van der Waals surface area contributed by atoms with Gasteiger partial charge in [0.25, 0.3) is 0 Å². The molecule has 3 nitrogen and oxygen atoms in total. The lowest BCUT2D eigenvalue weighted by molar-refractivity contribution is 0.981. The molecule has 0 saturated heterocycles. The SMILES string of the molecule is Cl.N[C@@H]1C[C@H]1c1ccc(Nc2cccc(Cl)c2)nc1. The maximum Gasteiger partial charge on any atom is 0.130 e. The molecule has 0 spiro atoms. The summed E-state index contributed by atoms with van der Waals surface area (Å²) in [7, 11) is 0. The lowest BCUT2D eigenvalue weighted by atomic mass is 10.2. The monoisotopic (exact) mass is 295 g/mol. The normalized spacial score (nSPS) is 20.5. The lowest BCUT2D eigenvalue weighted by Crippen LogP contribution is -2.01. The number of nitrogens with two attached hydrogens (primary N) is 1. The summed E-state index contributed by atoms with van der Waals surface area (Å²) < 4.78 is 0. The molecule has 100 valence electrons. The second kappa shape index (κ2) is 5.78. The average Bonchev–Trinajstić information content (AvgIpc) is 3.07. The molecule has 0 radical (unpaired) electrons. The Kier molecular flexibility index (Phi) is 4.30.